The Morgan fingerprint density at radius 1 is 1.24 bits per heavy atom. The van der Waals surface area contributed by atoms with Crippen LogP contribution in [0.1, 0.15) is 38.2 Å². The summed E-state index contributed by atoms with van der Waals surface area (Å²) < 4.78 is 5.62. The Balaban J connectivity index is 2.01. The van der Waals surface area contributed by atoms with E-state index in [1.165, 1.54) is 18.2 Å². The second-order valence-corrected chi connectivity index (χ2v) is 7.01. The molecule has 1 atom stereocenters. The minimum Gasteiger partial charge on any atom is -0.496 e. The topological polar surface area (TPSA) is 55.6 Å². The standard InChI is InChI=1S/C21H28N2O2/c1-15(13-22)21(24)23(17-8-4-5-9-17)14-19-18-10-6-3-7-16(18)11-12-20(19)25-2/h3,6-7,10-12,15,17H,4-5,8-9,13-14,22H2,1-2H3. The normalized spacial score (nSPS) is 16.1. The van der Waals surface area contributed by atoms with Crippen molar-refractivity contribution in [1.82, 2.24) is 4.90 Å². The Kier molecular flexibility index (Phi) is 5.59. The molecule has 0 radical (unpaired) electrons. The van der Waals surface area contributed by atoms with E-state index in [0.29, 0.717) is 19.1 Å². The summed E-state index contributed by atoms with van der Waals surface area (Å²) in [5, 5.41) is 2.32. The van der Waals surface area contributed by atoms with Crippen LogP contribution in [-0.4, -0.2) is 30.5 Å². The van der Waals surface area contributed by atoms with Crippen LogP contribution in [0.2, 0.25) is 0 Å². The van der Waals surface area contributed by atoms with Gasteiger partial charge < -0.3 is 15.4 Å². The van der Waals surface area contributed by atoms with Gasteiger partial charge in [-0.05, 0) is 29.7 Å². The molecule has 1 unspecified atom stereocenters. The number of methoxy groups -OCH3 is 1. The van der Waals surface area contributed by atoms with Gasteiger partial charge in [0.2, 0.25) is 5.91 Å². The minimum atomic E-state index is -0.151. The number of carbonyl (C=O) groups excluding carboxylic acids is 1. The van der Waals surface area contributed by atoms with Gasteiger partial charge in [-0.3, -0.25) is 4.79 Å². The number of nitrogens with zero attached hydrogens (tertiary/aromatic N) is 1. The molecule has 0 bridgehead atoms. The first-order valence-electron chi connectivity index (χ1n) is 9.21. The van der Waals surface area contributed by atoms with E-state index in [9.17, 15) is 4.79 Å². The first-order chi connectivity index (χ1) is 12.2. The Labute approximate surface area is 149 Å². The fraction of sp³-hybridized carbons (Fsp3) is 0.476. The number of carbonyl (C=O) groups is 1. The van der Waals surface area contributed by atoms with E-state index in [4.69, 9.17) is 10.5 Å². The molecule has 0 aromatic heterocycles. The lowest BCUT2D eigenvalue weighted by molar-refractivity contribution is -0.137. The van der Waals surface area contributed by atoms with E-state index in [1.807, 2.05) is 25.1 Å². The van der Waals surface area contributed by atoms with E-state index >= 15 is 0 Å². The molecule has 0 spiro atoms. The molecule has 1 fully saturated rings. The van der Waals surface area contributed by atoms with E-state index in [-0.39, 0.29) is 11.8 Å². The minimum absolute atomic E-state index is 0.151. The van der Waals surface area contributed by atoms with Crippen molar-refractivity contribution in [3.63, 3.8) is 0 Å². The molecule has 134 valence electrons. The summed E-state index contributed by atoms with van der Waals surface area (Å²) in [5.41, 5.74) is 6.87. The van der Waals surface area contributed by atoms with Crippen molar-refractivity contribution >= 4 is 16.7 Å². The van der Waals surface area contributed by atoms with Crippen molar-refractivity contribution in [3.8, 4) is 5.75 Å². The van der Waals surface area contributed by atoms with E-state index in [2.05, 4.69) is 23.1 Å². The quantitative estimate of drug-likeness (QED) is 0.872. The van der Waals surface area contributed by atoms with E-state index in [1.54, 1.807) is 7.11 Å². The van der Waals surface area contributed by atoms with Gasteiger partial charge in [-0.2, -0.15) is 0 Å². The second-order valence-electron chi connectivity index (χ2n) is 7.01. The molecule has 1 aliphatic rings. The maximum atomic E-state index is 13.0. The predicted molar refractivity (Wildman–Crippen MR) is 102 cm³/mol. The largest absolute Gasteiger partial charge is 0.496 e. The third kappa shape index (κ3) is 3.64. The average Bonchev–Trinajstić information content (AvgIpc) is 3.19. The highest BCUT2D eigenvalue weighted by molar-refractivity contribution is 5.88. The Hall–Kier alpha value is -2.07. The monoisotopic (exact) mass is 340 g/mol. The number of benzene rings is 2. The molecule has 3 rings (SSSR count). The highest BCUT2D eigenvalue weighted by Gasteiger charge is 2.30. The highest BCUT2D eigenvalue weighted by atomic mass is 16.5. The number of hydrogen-bond donors (Lipinski definition) is 1. The molecule has 2 aromatic rings. The Morgan fingerprint density at radius 2 is 1.96 bits per heavy atom. The van der Waals surface area contributed by atoms with Gasteiger partial charge >= 0.3 is 0 Å². The first-order valence-corrected chi connectivity index (χ1v) is 9.21. The van der Waals surface area contributed by atoms with Gasteiger partial charge in [0.05, 0.1) is 13.7 Å². The van der Waals surface area contributed by atoms with Crippen LogP contribution in [0, 0.1) is 5.92 Å². The second kappa shape index (κ2) is 7.87. The zero-order chi connectivity index (χ0) is 17.8. The van der Waals surface area contributed by atoms with Gasteiger partial charge in [-0.25, -0.2) is 0 Å². The molecule has 0 saturated heterocycles. The van der Waals surface area contributed by atoms with Gasteiger partial charge in [0.1, 0.15) is 5.75 Å². The van der Waals surface area contributed by atoms with Crippen molar-refractivity contribution in [2.45, 2.75) is 45.2 Å². The zero-order valence-corrected chi connectivity index (χ0v) is 15.2. The van der Waals surface area contributed by atoms with Crippen LogP contribution in [-0.2, 0) is 11.3 Å². The fourth-order valence-corrected chi connectivity index (χ4v) is 3.83. The fourth-order valence-electron chi connectivity index (χ4n) is 3.83. The Bertz CT molecular complexity index is 738. The van der Waals surface area contributed by atoms with E-state index in [0.717, 1.165) is 29.5 Å². The lowest BCUT2D eigenvalue weighted by Crippen LogP contribution is -2.43. The number of amides is 1. The maximum absolute atomic E-state index is 13.0. The first kappa shape index (κ1) is 17.7. The maximum Gasteiger partial charge on any atom is 0.227 e. The molecule has 2 N–H and O–H groups in total. The van der Waals surface area contributed by atoms with E-state index < -0.39 is 0 Å². The molecule has 2 aromatic carbocycles. The smallest absolute Gasteiger partial charge is 0.227 e. The van der Waals surface area contributed by atoms with Crippen molar-refractivity contribution in [2.24, 2.45) is 11.7 Å². The molecule has 4 nitrogen and oxygen atoms in total. The molecule has 1 amide bonds. The number of fused-ring (bicyclic) bond motifs is 1. The van der Waals surface area contributed by atoms with Gasteiger partial charge in [0.25, 0.3) is 0 Å². The molecule has 1 aliphatic carbocycles. The van der Waals surface area contributed by atoms with Crippen LogP contribution < -0.4 is 10.5 Å². The van der Waals surface area contributed by atoms with Gasteiger partial charge in [-0.1, -0.05) is 50.1 Å². The van der Waals surface area contributed by atoms with Gasteiger partial charge in [0, 0.05) is 24.1 Å². The van der Waals surface area contributed by atoms with Crippen LogP contribution in [0.5, 0.6) is 5.75 Å². The summed E-state index contributed by atoms with van der Waals surface area (Å²) in [6.07, 6.45) is 4.54. The third-order valence-electron chi connectivity index (χ3n) is 5.37. The van der Waals surface area contributed by atoms with Crippen LogP contribution >= 0.6 is 0 Å². The average molecular weight is 340 g/mol. The van der Waals surface area contributed by atoms with Crippen LogP contribution in [0.4, 0.5) is 0 Å². The molecular weight excluding hydrogens is 312 g/mol. The summed E-state index contributed by atoms with van der Waals surface area (Å²) in [4.78, 5) is 15.1. The predicted octanol–water partition coefficient (Wildman–Crippen LogP) is 3.71. The number of hydrogen-bond acceptors (Lipinski definition) is 3. The van der Waals surface area contributed by atoms with Gasteiger partial charge in [-0.15, -0.1) is 0 Å². The molecule has 0 heterocycles. The number of nitrogens with two attached hydrogens (primary N) is 1. The van der Waals surface area contributed by atoms with Crippen LogP contribution in [0.25, 0.3) is 10.8 Å². The molecular formula is C21H28N2O2. The number of rotatable bonds is 6. The summed E-state index contributed by atoms with van der Waals surface area (Å²) in [6.45, 7) is 2.89. The molecule has 25 heavy (non-hydrogen) atoms. The van der Waals surface area contributed by atoms with Crippen molar-refractivity contribution in [1.29, 1.82) is 0 Å². The lowest BCUT2D eigenvalue weighted by atomic mass is 10.0. The summed E-state index contributed by atoms with van der Waals surface area (Å²) in [5.74, 6) is 0.848. The van der Waals surface area contributed by atoms with Crippen molar-refractivity contribution < 1.29 is 9.53 Å². The third-order valence-corrected chi connectivity index (χ3v) is 5.37. The van der Waals surface area contributed by atoms with Crippen molar-refractivity contribution in [3.05, 3.63) is 42.0 Å². The number of ether oxygens (including phenoxy) is 1. The zero-order valence-electron chi connectivity index (χ0n) is 15.2. The van der Waals surface area contributed by atoms with Gasteiger partial charge in [0.15, 0.2) is 0 Å². The molecule has 0 aliphatic heterocycles. The SMILES string of the molecule is COc1ccc2ccccc2c1CN(C(=O)C(C)CN)C1CCCC1. The summed E-state index contributed by atoms with van der Waals surface area (Å²) in [7, 11) is 1.69. The lowest BCUT2D eigenvalue weighted by Gasteiger charge is -2.32. The molecule has 1 saturated carbocycles. The summed E-state index contributed by atoms with van der Waals surface area (Å²) >= 11 is 0. The Morgan fingerprint density at radius 3 is 2.64 bits per heavy atom. The summed E-state index contributed by atoms with van der Waals surface area (Å²) in [6, 6.07) is 12.7. The van der Waals surface area contributed by atoms with Crippen molar-refractivity contribution in [2.75, 3.05) is 13.7 Å². The van der Waals surface area contributed by atoms with Crippen LogP contribution in [0.15, 0.2) is 36.4 Å². The van der Waals surface area contributed by atoms with Crippen LogP contribution in [0.3, 0.4) is 0 Å². The highest BCUT2D eigenvalue weighted by Crippen LogP contribution is 2.32. The molecule has 4 heteroatoms.